The van der Waals surface area contributed by atoms with Gasteiger partial charge in [0.1, 0.15) is 61.0 Å². The van der Waals surface area contributed by atoms with Crippen molar-refractivity contribution < 1.29 is 68.9 Å². The standard InChI is InChI=1S/C29H56N6O14/c1-9-5-10(31)23(25(17(9)37)48-28-21(41)18(38)13(44-28)7-35-4-3-30)46-26-11(32)6-12-24(47-26)20(40)16(34-2)27(43-12)49-29-22(42)19(39)15(33)14(8-36)45-29/h9-29,34-42H,3-8,30-33H2,1-2H3/t9-,10?,11?,12+,13-,14?,15-,16?,17?,18-,19+,20?,21-,22?,23-,24?,25-,26+,27-,28+,29-/m1/s1. The Hall–Kier alpha value is -0.800. The molecule has 4 heterocycles. The molecule has 4 aliphatic heterocycles. The highest BCUT2D eigenvalue weighted by Gasteiger charge is 2.55. The van der Waals surface area contributed by atoms with Crippen molar-refractivity contribution in [2.75, 3.05) is 33.3 Å². The third-order valence-electron chi connectivity index (χ3n) is 10.2. The lowest BCUT2D eigenvalue weighted by atomic mass is 9.80. The summed E-state index contributed by atoms with van der Waals surface area (Å²) in [6.45, 7) is 2.34. The first-order valence-electron chi connectivity index (χ1n) is 16.9. The zero-order valence-corrected chi connectivity index (χ0v) is 27.7. The summed E-state index contributed by atoms with van der Waals surface area (Å²) in [7, 11) is 1.55. The third kappa shape index (κ3) is 8.24. The van der Waals surface area contributed by atoms with E-state index in [1.165, 1.54) is 0 Å². The van der Waals surface area contributed by atoms with Crippen LogP contribution < -0.4 is 33.6 Å². The van der Waals surface area contributed by atoms with Crippen LogP contribution in [0.2, 0.25) is 0 Å². The Labute approximate surface area is 284 Å². The molecule has 0 aromatic rings. The molecular formula is C29H56N6O14. The molecule has 1 aliphatic carbocycles. The molecule has 0 aromatic carbocycles. The fourth-order valence-electron chi connectivity index (χ4n) is 7.28. The quantitative estimate of drug-likeness (QED) is 0.0836. The van der Waals surface area contributed by atoms with E-state index in [1.807, 2.05) is 0 Å². The first-order chi connectivity index (χ1) is 23.3. The van der Waals surface area contributed by atoms with Gasteiger partial charge in [0, 0.05) is 25.7 Å². The number of rotatable bonds is 12. The second-order valence-electron chi connectivity index (χ2n) is 13.7. The van der Waals surface area contributed by atoms with Crippen molar-refractivity contribution in [1.29, 1.82) is 0 Å². The average molecular weight is 713 g/mol. The Morgan fingerprint density at radius 3 is 2.02 bits per heavy atom. The van der Waals surface area contributed by atoms with Crippen LogP contribution in [0.1, 0.15) is 19.8 Å². The van der Waals surface area contributed by atoms with Gasteiger partial charge in [-0.25, -0.2) is 0 Å². The smallest absolute Gasteiger partial charge is 0.189 e. The highest BCUT2D eigenvalue weighted by molar-refractivity contribution is 5.02. The largest absolute Gasteiger partial charge is 0.394 e. The highest BCUT2D eigenvalue weighted by Crippen LogP contribution is 2.37. The van der Waals surface area contributed by atoms with Gasteiger partial charge in [-0.1, -0.05) is 6.92 Å². The SMILES string of the molecule is CNC1C(O)C2O[C@H](O[C@@H]3C(N)C[C@@H](C)C(O)[C@H]3O[C@@H]3O[C@H](CNCCN)[C@@H](O)[C@H]3O)C(N)C[C@@H]2O[C@@H]1O[C@H]1OC(CO)[C@@H](N)[C@H](O)C1O. The van der Waals surface area contributed by atoms with Crippen LogP contribution in [0.4, 0.5) is 0 Å². The predicted octanol–water partition coefficient (Wildman–Crippen LogP) is -7.62. The van der Waals surface area contributed by atoms with Crippen molar-refractivity contribution in [2.24, 2.45) is 28.9 Å². The minimum absolute atomic E-state index is 0.115. The van der Waals surface area contributed by atoms with Crippen LogP contribution in [0.3, 0.4) is 0 Å². The Morgan fingerprint density at radius 1 is 0.694 bits per heavy atom. The van der Waals surface area contributed by atoms with Gasteiger partial charge in [-0.2, -0.15) is 0 Å². The first kappa shape index (κ1) is 39.4. The maximum atomic E-state index is 11.4. The Bertz CT molecular complexity index is 1040. The van der Waals surface area contributed by atoms with Crippen molar-refractivity contribution in [3.8, 4) is 0 Å². The number of nitrogens with two attached hydrogens (primary N) is 4. The maximum absolute atomic E-state index is 11.4. The van der Waals surface area contributed by atoms with Gasteiger partial charge in [0.2, 0.25) is 0 Å². The van der Waals surface area contributed by atoms with Gasteiger partial charge < -0.3 is 102 Å². The molecule has 0 aromatic heterocycles. The number of nitrogens with one attached hydrogen (secondary N) is 2. The van der Waals surface area contributed by atoms with Crippen molar-refractivity contribution in [1.82, 2.24) is 10.6 Å². The van der Waals surface area contributed by atoms with E-state index in [2.05, 4.69) is 10.6 Å². The predicted molar refractivity (Wildman–Crippen MR) is 166 cm³/mol. The third-order valence-corrected chi connectivity index (χ3v) is 10.2. The van der Waals surface area contributed by atoms with Crippen LogP contribution in [-0.4, -0.2) is 192 Å². The van der Waals surface area contributed by atoms with E-state index < -0.39 is 129 Å². The molecule has 5 aliphatic rings. The molecule has 5 fully saturated rings. The molecule has 0 bridgehead atoms. The summed E-state index contributed by atoms with van der Waals surface area (Å²) in [6.07, 6.45) is -18.4. The summed E-state index contributed by atoms with van der Waals surface area (Å²) in [6, 6.07) is -3.47. The van der Waals surface area contributed by atoms with Gasteiger partial charge in [-0.15, -0.1) is 0 Å². The number of ether oxygens (including phenoxy) is 7. The van der Waals surface area contributed by atoms with Gasteiger partial charge in [0.25, 0.3) is 0 Å². The number of hydrogen-bond acceptors (Lipinski definition) is 20. The minimum atomic E-state index is -1.57. The lowest BCUT2D eigenvalue weighted by Gasteiger charge is -2.51. The summed E-state index contributed by atoms with van der Waals surface area (Å²) >= 11 is 0. The van der Waals surface area contributed by atoms with Gasteiger partial charge in [0.15, 0.2) is 25.2 Å². The Kier molecular flexibility index (Phi) is 13.6. The fourth-order valence-corrected chi connectivity index (χ4v) is 7.28. The summed E-state index contributed by atoms with van der Waals surface area (Å²) in [5.41, 5.74) is 24.4. The van der Waals surface area contributed by atoms with E-state index in [1.54, 1.807) is 14.0 Å². The van der Waals surface area contributed by atoms with Crippen LogP contribution in [-0.2, 0) is 33.2 Å². The molecule has 20 nitrogen and oxygen atoms in total. The van der Waals surface area contributed by atoms with Gasteiger partial charge in [0.05, 0.1) is 36.9 Å². The molecule has 4 saturated heterocycles. The van der Waals surface area contributed by atoms with Crippen molar-refractivity contribution >= 4 is 0 Å². The molecule has 20 heteroatoms. The zero-order chi connectivity index (χ0) is 35.7. The maximum Gasteiger partial charge on any atom is 0.189 e. The summed E-state index contributed by atoms with van der Waals surface area (Å²) in [5, 5.41) is 80.4. The number of aliphatic hydroxyl groups is 7. The average Bonchev–Trinajstić information content (AvgIpc) is 3.33. The van der Waals surface area contributed by atoms with E-state index in [0.29, 0.717) is 19.5 Å². The molecule has 1 saturated carbocycles. The molecule has 286 valence electrons. The Morgan fingerprint density at radius 2 is 1.35 bits per heavy atom. The van der Waals surface area contributed by atoms with Crippen LogP contribution in [0.15, 0.2) is 0 Å². The number of fused-ring (bicyclic) bond motifs is 1. The van der Waals surface area contributed by atoms with Crippen molar-refractivity contribution in [3.05, 3.63) is 0 Å². The molecule has 0 radical (unpaired) electrons. The number of hydrogen-bond donors (Lipinski definition) is 13. The zero-order valence-electron chi connectivity index (χ0n) is 27.7. The Balaban J connectivity index is 1.26. The molecule has 49 heavy (non-hydrogen) atoms. The van der Waals surface area contributed by atoms with Crippen LogP contribution in [0.5, 0.6) is 0 Å². The highest BCUT2D eigenvalue weighted by atomic mass is 16.8. The van der Waals surface area contributed by atoms with Gasteiger partial charge in [-0.3, -0.25) is 0 Å². The molecule has 5 rings (SSSR count). The van der Waals surface area contributed by atoms with Gasteiger partial charge in [-0.05, 0) is 25.8 Å². The van der Waals surface area contributed by atoms with Crippen molar-refractivity contribution in [2.45, 2.75) is 142 Å². The van der Waals surface area contributed by atoms with Crippen LogP contribution >= 0.6 is 0 Å². The van der Waals surface area contributed by atoms with E-state index in [-0.39, 0.29) is 18.9 Å². The van der Waals surface area contributed by atoms with E-state index in [0.717, 1.165) is 0 Å². The topological polar surface area (TPSA) is 334 Å². The fraction of sp³-hybridized carbons (Fsp3) is 1.00. The molecule has 0 spiro atoms. The molecule has 8 unspecified atom stereocenters. The summed E-state index contributed by atoms with van der Waals surface area (Å²) in [4.78, 5) is 0. The first-order valence-corrected chi connectivity index (χ1v) is 16.9. The lowest BCUT2D eigenvalue weighted by molar-refractivity contribution is -0.374. The number of aliphatic hydroxyl groups excluding tert-OH is 7. The van der Waals surface area contributed by atoms with Gasteiger partial charge >= 0.3 is 0 Å². The van der Waals surface area contributed by atoms with Crippen LogP contribution in [0, 0.1) is 5.92 Å². The molecular weight excluding hydrogens is 656 g/mol. The van der Waals surface area contributed by atoms with E-state index >= 15 is 0 Å². The molecule has 0 amide bonds. The van der Waals surface area contributed by atoms with E-state index in [4.69, 9.17) is 56.1 Å². The molecule has 17 N–H and O–H groups in total. The monoisotopic (exact) mass is 712 g/mol. The second-order valence-corrected chi connectivity index (χ2v) is 13.7. The minimum Gasteiger partial charge on any atom is -0.394 e. The summed E-state index contributed by atoms with van der Waals surface area (Å²) in [5.74, 6) is -0.311. The summed E-state index contributed by atoms with van der Waals surface area (Å²) < 4.78 is 42.0. The lowest BCUT2D eigenvalue weighted by Crippen LogP contribution is -2.70. The van der Waals surface area contributed by atoms with Crippen LogP contribution in [0.25, 0.3) is 0 Å². The second kappa shape index (κ2) is 16.9. The van der Waals surface area contributed by atoms with Crippen molar-refractivity contribution in [3.63, 3.8) is 0 Å². The molecule has 21 atom stereocenters. The normalized spacial score (nSPS) is 52.2. The number of likely N-dealkylation sites (N-methyl/N-ethyl adjacent to an activating group) is 1. The van der Waals surface area contributed by atoms with E-state index in [9.17, 15) is 35.7 Å².